The predicted molar refractivity (Wildman–Crippen MR) is 80.1 cm³/mol. The van der Waals surface area contributed by atoms with Crippen LogP contribution in [0.25, 0.3) is 0 Å². The molecule has 0 bridgehead atoms. The number of Topliss-reactive ketones (excluding diaryl/α,β-unsaturated/α-hetero) is 1. The van der Waals surface area contributed by atoms with E-state index in [4.69, 9.17) is 5.11 Å². The average Bonchev–Trinajstić information content (AvgIpc) is 2.47. The highest BCUT2D eigenvalue weighted by Gasteiger charge is 2.12. The first-order chi connectivity index (χ1) is 9.99. The van der Waals surface area contributed by atoms with Crippen LogP contribution < -0.4 is 5.32 Å². The molecule has 0 spiro atoms. The van der Waals surface area contributed by atoms with Crippen LogP contribution in [0, 0.1) is 5.92 Å². The lowest BCUT2D eigenvalue weighted by Crippen LogP contribution is -2.07. The van der Waals surface area contributed by atoms with Gasteiger partial charge in [0.25, 0.3) is 0 Å². The standard InChI is InChI=1S/C16H16N2O3/c1-10(2)14(19)11-5-7-12(8-6-11)18-15-13(16(20)21)4-3-9-17-15/h3-10H,1-2H3,(H,17,18)(H,20,21). The molecule has 2 rings (SSSR count). The van der Waals surface area contributed by atoms with Crippen LogP contribution in [0.4, 0.5) is 11.5 Å². The Morgan fingerprint density at radius 1 is 1.14 bits per heavy atom. The SMILES string of the molecule is CC(C)C(=O)c1ccc(Nc2ncccc2C(=O)O)cc1. The lowest BCUT2D eigenvalue weighted by Gasteiger charge is -2.09. The average molecular weight is 284 g/mol. The molecule has 108 valence electrons. The van der Waals surface area contributed by atoms with Crippen molar-refractivity contribution in [1.82, 2.24) is 4.98 Å². The molecule has 1 heterocycles. The Balaban J connectivity index is 2.22. The van der Waals surface area contributed by atoms with E-state index in [0.717, 1.165) is 0 Å². The van der Waals surface area contributed by atoms with E-state index in [9.17, 15) is 9.59 Å². The van der Waals surface area contributed by atoms with Crippen molar-refractivity contribution >= 4 is 23.3 Å². The molecule has 0 amide bonds. The van der Waals surface area contributed by atoms with Crippen molar-refractivity contribution in [3.05, 3.63) is 53.7 Å². The first kappa shape index (κ1) is 14.7. The summed E-state index contributed by atoms with van der Waals surface area (Å²) in [6.45, 7) is 3.70. The van der Waals surface area contributed by atoms with E-state index in [1.807, 2.05) is 13.8 Å². The summed E-state index contributed by atoms with van der Waals surface area (Å²) in [5.74, 6) is -0.756. The number of rotatable bonds is 5. The van der Waals surface area contributed by atoms with Gasteiger partial charge in [-0.25, -0.2) is 9.78 Å². The predicted octanol–water partition coefficient (Wildman–Crippen LogP) is 3.36. The minimum absolute atomic E-state index is 0.0572. The van der Waals surface area contributed by atoms with Gasteiger partial charge in [0, 0.05) is 23.4 Å². The molecule has 2 N–H and O–H groups in total. The monoisotopic (exact) mass is 284 g/mol. The summed E-state index contributed by atoms with van der Waals surface area (Å²) in [6, 6.07) is 9.95. The maximum atomic E-state index is 11.8. The number of ketones is 1. The molecule has 21 heavy (non-hydrogen) atoms. The summed E-state index contributed by atoms with van der Waals surface area (Å²) in [6.07, 6.45) is 1.52. The molecule has 5 nitrogen and oxygen atoms in total. The summed E-state index contributed by atoms with van der Waals surface area (Å²) in [5, 5.41) is 12.0. The van der Waals surface area contributed by atoms with Gasteiger partial charge in [-0.2, -0.15) is 0 Å². The second-order valence-corrected chi connectivity index (χ2v) is 4.93. The molecular weight excluding hydrogens is 268 g/mol. The summed E-state index contributed by atoms with van der Waals surface area (Å²) in [4.78, 5) is 27.0. The molecule has 2 aromatic rings. The first-order valence-electron chi connectivity index (χ1n) is 6.58. The van der Waals surface area contributed by atoms with Crippen molar-refractivity contribution in [2.45, 2.75) is 13.8 Å². The van der Waals surface area contributed by atoms with Crippen LogP contribution >= 0.6 is 0 Å². The van der Waals surface area contributed by atoms with Gasteiger partial charge < -0.3 is 10.4 Å². The molecular formula is C16H16N2O3. The van der Waals surface area contributed by atoms with Gasteiger partial charge in [0.15, 0.2) is 5.78 Å². The Kier molecular flexibility index (Phi) is 4.33. The minimum atomic E-state index is -1.04. The zero-order valence-electron chi connectivity index (χ0n) is 11.8. The molecule has 0 fully saturated rings. The molecule has 5 heteroatoms. The number of benzene rings is 1. The van der Waals surface area contributed by atoms with Gasteiger partial charge in [-0.05, 0) is 36.4 Å². The second kappa shape index (κ2) is 6.17. The van der Waals surface area contributed by atoms with E-state index in [0.29, 0.717) is 11.3 Å². The fourth-order valence-electron chi connectivity index (χ4n) is 1.87. The highest BCUT2D eigenvalue weighted by atomic mass is 16.4. The molecule has 0 aliphatic rings. The number of aromatic nitrogens is 1. The topological polar surface area (TPSA) is 79.3 Å². The Hall–Kier alpha value is -2.69. The van der Waals surface area contributed by atoms with E-state index < -0.39 is 5.97 Å². The zero-order valence-corrected chi connectivity index (χ0v) is 11.8. The number of aromatic carboxylic acids is 1. The van der Waals surface area contributed by atoms with Gasteiger partial charge in [0.2, 0.25) is 0 Å². The molecule has 1 aromatic heterocycles. The fourth-order valence-corrected chi connectivity index (χ4v) is 1.87. The molecule has 0 aliphatic heterocycles. The minimum Gasteiger partial charge on any atom is -0.478 e. The molecule has 1 aromatic carbocycles. The van der Waals surface area contributed by atoms with Crippen LogP contribution in [0.5, 0.6) is 0 Å². The largest absolute Gasteiger partial charge is 0.478 e. The zero-order chi connectivity index (χ0) is 15.4. The van der Waals surface area contributed by atoms with Gasteiger partial charge in [-0.15, -0.1) is 0 Å². The number of hydrogen-bond donors (Lipinski definition) is 2. The quantitative estimate of drug-likeness (QED) is 0.823. The number of nitrogens with zero attached hydrogens (tertiary/aromatic N) is 1. The van der Waals surface area contributed by atoms with Crippen LogP contribution in [0.15, 0.2) is 42.6 Å². The van der Waals surface area contributed by atoms with Crippen molar-refractivity contribution in [3.63, 3.8) is 0 Å². The lowest BCUT2D eigenvalue weighted by molar-refractivity contribution is 0.0697. The van der Waals surface area contributed by atoms with Crippen molar-refractivity contribution in [3.8, 4) is 0 Å². The number of carboxylic acids is 1. The lowest BCUT2D eigenvalue weighted by atomic mass is 10.0. The summed E-state index contributed by atoms with van der Waals surface area (Å²) < 4.78 is 0. The van der Waals surface area contributed by atoms with Gasteiger partial charge in [-0.1, -0.05) is 13.8 Å². The molecule has 0 atom stereocenters. The van der Waals surface area contributed by atoms with E-state index in [1.54, 1.807) is 30.3 Å². The van der Waals surface area contributed by atoms with E-state index in [1.165, 1.54) is 12.3 Å². The van der Waals surface area contributed by atoms with Crippen LogP contribution in [-0.2, 0) is 0 Å². The second-order valence-electron chi connectivity index (χ2n) is 4.93. The van der Waals surface area contributed by atoms with Crippen molar-refractivity contribution < 1.29 is 14.7 Å². The Morgan fingerprint density at radius 2 is 1.81 bits per heavy atom. The third-order valence-corrected chi connectivity index (χ3v) is 2.99. The normalized spacial score (nSPS) is 10.4. The number of hydrogen-bond acceptors (Lipinski definition) is 4. The number of carbonyl (C=O) groups excluding carboxylic acids is 1. The smallest absolute Gasteiger partial charge is 0.339 e. The molecule has 0 saturated heterocycles. The number of pyridine rings is 1. The van der Waals surface area contributed by atoms with Gasteiger partial charge in [-0.3, -0.25) is 4.79 Å². The fraction of sp³-hybridized carbons (Fsp3) is 0.188. The van der Waals surface area contributed by atoms with Crippen LogP contribution in [0.3, 0.4) is 0 Å². The van der Waals surface area contributed by atoms with E-state index in [2.05, 4.69) is 10.3 Å². The number of carboxylic acid groups (broad SMARTS) is 1. The van der Waals surface area contributed by atoms with Gasteiger partial charge in [0.1, 0.15) is 11.4 Å². The summed E-state index contributed by atoms with van der Waals surface area (Å²) >= 11 is 0. The molecule has 0 unspecified atom stereocenters. The summed E-state index contributed by atoms with van der Waals surface area (Å²) in [7, 11) is 0. The van der Waals surface area contributed by atoms with Gasteiger partial charge in [0.05, 0.1) is 0 Å². The van der Waals surface area contributed by atoms with Crippen LogP contribution in [0.2, 0.25) is 0 Å². The highest BCUT2D eigenvalue weighted by Crippen LogP contribution is 2.19. The number of anilines is 2. The van der Waals surface area contributed by atoms with E-state index in [-0.39, 0.29) is 23.1 Å². The van der Waals surface area contributed by atoms with Gasteiger partial charge >= 0.3 is 5.97 Å². The first-order valence-corrected chi connectivity index (χ1v) is 6.58. The Labute approximate surface area is 122 Å². The number of carbonyl (C=O) groups is 2. The third-order valence-electron chi connectivity index (χ3n) is 2.99. The van der Waals surface area contributed by atoms with E-state index >= 15 is 0 Å². The maximum Gasteiger partial charge on any atom is 0.339 e. The Morgan fingerprint density at radius 3 is 2.38 bits per heavy atom. The molecule has 0 radical (unpaired) electrons. The summed E-state index contributed by atoms with van der Waals surface area (Å²) in [5.41, 5.74) is 1.41. The van der Waals surface area contributed by atoms with Crippen LogP contribution in [0.1, 0.15) is 34.6 Å². The highest BCUT2D eigenvalue weighted by molar-refractivity contribution is 5.98. The van der Waals surface area contributed by atoms with Crippen molar-refractivity contribution in [2.24, 2.45) is 5.92 Å². The van der Waals surface area contributed by atoms with Crippen LogP contribution in [-0.4, -0.2) is 21.8 Å². The van der Waals surface area contributed by atoms with Crippen molar-refractivity contribution in [1.29, 1.82) is 0 Å². The molecule has 0 saturated carbocycles. The van der Waals surface area contributed by atoms with Crippen molar-refractivity contribution in [2.75, 3.05) is 5.32 Å². The molecule has 0 aliphatic carbocycles. The Bertz CT molecular complexity index is 663. The number of nitrogens with one attached hydrogen (secondary N) is 1. The maximum absolute atomic E-state index is 11.8. The third kappa shape index (κ3) is 3.45.